The molecule has 3 aromatic carbocycles. The molecule has 1 aliphatic heterocycles. The average Bonchev–Trinajstić information content (AvgIpc) is 3.70. The van der Waals surface area contributed by atoms with Gasteiger partial charge in [-0.25, -0.2) is 13.1 Å². The van der Waals surface area contributed by atoms with E-state index < -0.39 is 21.2 Å². The summed E-state index contributed by atoms with van der Waals surface area (Å²) in [7, 11) is -4.08. The van der Waals surface area contributed by atoms with Gasteiger partial charge >= 0.3 is 0 Å². The Balaban J connectivity index is 1.10. The summed E-state index contributed by atoms with van der Waals surface area (Å²) in [4.78, 5) is 31.3. The smallest absolute Gasteiger partial charge is 0.281 e. The van der Waals surface area contributed by atoms with Gasteiger partial charge in [0.1, 0.15) is 22.9 Å². The number of hydrogen-bond donors (Lipinski definition) is 4. The van der Waals surface area contributed by atoms with E-state index in [1.165, 1.54) is 6.07 Å². The standard InChI is InChI=1S/C35H35Cl2N5O6S/c1-20-16-23(17-21(2)32(20)37)48-15-5-7-26-25-10-9-22(36)18-28(25)38-33(26)34(44)41-49(46,47)24-11-13-42(14-12-24)35(45)30-19-29(39-40-30)27-6-3-4-8-31(27)43/h3-4,6,8-10,16-19,24,38,43H,5,7,11-15H2,1-2H3,(H,39,40)(H,41,44). The number of hydrogen-bond acceptors (Lipinski definition) is 7. The van der Waals surface area contributed by atoms with Gasteiger partial charge in [0.05, 0.1) is 17.6 Å². The van der Waals surface area contributed by atoms with Crippen LogP contribution in [0.5, 0.6) is 11.5 Å². The quantitative estimate of drug-likeness (QED) is 0.119. The van der Waals surface area contributed by atoms with Crippen molar-refractivity contribution in [1.82, 2.24) is 24.8 Å². The van der Waals surface area contributed by atoms with Crippen molar-refractivity contribution in [3.63, 3.8) is 0 Å². The number of halogens is 2. The van der Waals surface area contributed by atoms with E-state index in [2.05, 4.69) is 19.9 Å². The zero-order valence-corrected chi connectivity index (χ0v) is 29.2. The fourth-order valence-corrected chi connectivity index (χ4v) is 7.81. The number of para-hydroxylation sites is 1. The van der Waals surface area contributed by atoms with Gasteiger partial charge in [-0.15, -0.1) is 0 Å². The Labute approximate surface area is 293 Å². The average molecular weight is 725 g/mol. The van der Waals surface area contributed by atoms with Crippen LogP contribution in [0.25, 0.3) is 22.2 Å². The van der Waals surface area contributed by atoms with Crippen LogP contribution in [0.3, 0.4) is 0 Å². The third-order valence-corrected chi connectivity index (χ3v) is 11.4. The van der Waals surface area contributed by atoms with Gasteiger partial charge in [0.25, 0.3) is 11.8 Å². The predicted molar refractivity (Wildman–Crippen MR) is 189 cm³/mol. The minimum Gasteiger partial charge on any atom is -0.507 e. The minimum atomic E-state index is -4.08. The van der Waals surface area contributed by atoms with E-state index in [-0.39, 0.29) is 49.0 Å². The van der Waals surface area contributed by atoms with Crippen LogP contribution < -0.4 is 9.46 Å². The second-order valence-electron chi connectivity index (χ2n) is 12.1. The number of benzene rings is 3. The van der Waals surface area contributed by atoms with Crippen LogP contribution in [0.15, 0.2) is 60.7 Å². The first-order valence-electron chi connectivity index (χ1n) is 15.8. The Hall–Kier alpha value is -4.52. The number of aromatic amines is 2. The van der Waals surface area contributed by atoms with Crippen LogP contribution in [-0.2, 0) is 16.4 Å². The molecule has 11 nitrogen and oxygen atoms in total. The van der Waals surface area contributed by atoms with Crippen molar-refractivity contribution in [3.05, 3.63) is 98.8 Å². The van der Waals surface area contributed by atoms with Gasteiger partial charge in [0.2, 0.25) is 10.0 Å². The molecule has 1 fully saturated rings. The van der Waals surface area contributed by atoms with Gasteiger partial charge < -0.3 is 19.7 Å². The van der Waals surface area contributed by atoms with Crippen molar-refractivity contribution in [1.29, 1.82) is 0 Å². The Morgan fingerprint density at radius 2 is 1.76 bits per heavy atom. The number of H-pyrrole nitrogens is 2. The van der Waals surface area contributed by atoms with Crippen LogP contribution in [0, 0.1) is 13.8 Å². The van der Waals surface area contributed by atoms with Crippen LogP contribution in [0.1, 0.15) is 56.9 Å². The molecule has 0 atom stereocenters. The van der Waals surface area contributed by atoms with E-state index in [1.807, 2.05) is 26.0 Å². The van der Waals surface area contributed by atoms with Gasteiger partial charge in [-0.3, -0.25) is 14.7 Å². The molecule has 49 heavy (non-hydrogen) atoms. The maximum Gasteiger partial charge on any atom is 0.281 e. The molecule has 0 unspecified atom stereocenters. The van der Waals surface area contributed by atoms with E-state index in [4.69, 9.17) is 27.9 Å². The van der Waals surface area contributed by atoms with Crippen molar-refractivity contribution < 1.29 is 27.9 Å². The molecule has 0 saturated carbocycles. The molecule has 5 aromatic rings. The number of nitrogens with one attached hydrogen (secondary N) is 3. The molecule has 14 heteroatoms. The predicted octanol–water partition coefficient (Wildman–Crippen LogP) is 6.56. The van der Waals surface area contributed by atoms with Crippen LogP contribution in [0.4, 0.5) is 0 Å². The second kappa shape index (κ2) is 14.1. The highest BCUT2D eigenvalue weighted by Crippen LogP contribution is 2.30. The number of nitrogens with zero attached hydrogens (tertiary/aromatic N) is 2. The van der Waals surface area contributed by atoms with Crippen LogP contribution in [0.2, 0.25) is 10.0 Å². The van der Waals surface area contributed by atoms with Crippen LogP contribution in [-0.4, -0.2) is 70.4 Å². The SMILES string of the molecule is Cc1cc(OCCCc2c(C(=O)NS(=O)(=O)C3CCN(C(=O)c4cc(-c5ccccc5O)n[nH]4)CC3)[nH]c3cc(Cl)ccc23)cc(C)c1Cl. The Morgan fingerprint density at radius 3 is 2.47 bits per heavy atom. The first kappa shape index (κ1) is 34.3. The summed E-state index contributed by atoms with van der Waals surface area (Å²) < 4.78 is 35.1. The molecule has 1 aliphatic rings. The third-order valence-electron chi connectivity index (χ3n) is 8.74. The number of phenols is 1. The number of amides is 2. The highest BCUT2D eigenvalue weighted by atomic mass is 35.5. The number of sulfonamides is 1. The van der Waals surface area contributed by atoms with Crippen molar-refractivity contribution in [2.45, 2.75) is 44.8 Å². The number of rotatable bonds is 10. The first-order valence-corrected chi connectivity index (χ1v) is 18.1. The maximum atomic E-state index is 13.5. The number of carbonyl (C=O) groups excluding carboxylic acids is 2. The summed E-state index contributed by atoms with van der Waals surface area (Å²) in [5.74, 6) is -0.359. The van der Waals surface area contributed by atoms with Crippen molar-refractivity contribution >= 4 is 55.9 Å². The lowest BCUT2D eigenvalue weighted by Crippen LogP contribution is -2.47. The highest BCUT2D eigenvalue weighted by molar-refractivity contribution is 7.90. The summed E-state index contributed by atoms with van der Waals surface area (Å²) in [6, 6.07) is 17.2. The van der Waals surface area contributed by atoms with Gasteiger partial charge in [0.15, 0.2) is 0 Å². The summed E-state index contributed by atoms with van der Waals surface area (Å²) in [5.41, 5.74) is 4.38. The normalized spacial score (nSPS) is 13.9. The molecule has 256 valence electrons. The number of fused-ring (bicyclic) bond motifs is 1. The molecule has 0 bridgehead atoms. The molecular weight excluding hydrogens is 689 g/mol. The lowest BCUT2D eigenvalue weighted by atomic mass is 10.1. The number of carbonyl (C=O) groups is 2. The Bertz CT molecular complexity index is 2130. The number of phenolic OH excluding ortho intramolecular Hbond substituents is 1. The van der Waals surface area contributed by atoms with E-state index in [0.717, 1.165) is 16.5 Å². The molecule has 0 aliphatic carbocycles. The van der Waals surface area contributed by atoms with E-state index in [9.17, 15) is 23.1 Å². The minimum absolute atomic E-state index is 0.0396. The number of piperidine rings is 1. The summed E-state index contributed by atoms with van der Waals surface area (Å²) >= 11 is 12.5. The zero-order chi connectivity index (χ0) is 34.9. The van der Waals surface area contributed by atoms with Gasteiger partial charge in [-0.05, 0) is 98.7 Å². The van der Waals surface area contributed by atoms with Crippen molar-refractivity contribution in [2.75, 3.05) is 19.7 Å². The van der Waals surface area contributed by atoms with Gasteiger partial charge in [-0.1, -0.05) is 41.4 Å². The zero-order valence-electron chi connectivity index (χ0n) is 26.8. The molecule has 3 heterocycles. The number of aromatic nitrogens is 3. The highest BCUT2D eigenvalue weighted by Gasteiger charge is 2.34. The molecule has 1 saturated heterocycles. The second-order valence-corrected chi connectivity index (χ2v) is 14.9. The Kier molecular flexibility index (Phi) is 9.91. The first-order chi connectivity index (χ1) is 23.4. The molecular formula is C35H35Cl2N5O6S. The third kappa shape index (κ3) is 7.41. The lowest BCUT2D eigenvalue weighted by molar-refractivity contribution is 0.0718. The van der Waals surface area contributed by atoms with Crippen LogP contribution >= 0.6 is 23.2 Å². The molecule has 2 amide bonds. The monoisotopic (exact) mass is 723 g/mol. The summed E-state index contributed by atoms with van der Waals surface area (Å²) in [6.07, 6.45) is 1.28. The topological polar surface area (TPSA) is 157 Å². The fourth-order valence-electron chi connectivity index (χ4n) is 6.17. The molecule has 4 N–H and O–H groups in total. The number of aromatic hydroxyl groups is 1. The summed E-state index contributed by atoms with van der Waals surface area (Å²) in [6.45, 7) is 4.54. The van der Waals surface area contributed by atoms with E-state index >= 15 is 0 Å². The van der Waals surface area contributed by atoms with E-state index in [1.54, 1.807) is 47.4 Å². The molecule has 6 rings (SSSR count). The van der Waals surface area contributed by atoms with Gasteiger partial charge in [-0.2, -0.15) is 5.10 Å². The fraction of sp³-hybridized carbons (Fsp3) is 0.286. The van der Waals surface area contributed by atoms with Crippen molar-refractivity contribution in [2.24, 2.45) is 0 Å². The van der Waals surface area contributed by atoms with Gasteiger partial charge in [0, 0.05) is 39.6 Å². The maximum absolute atomic E-state index is 13.5. The summed E-state index contributed by atoms with van der Waals surface area (Å²) in [5, 5.41) is 18.1. The molecule has 2 aromatic heterocycles. The van der Waals surface area contributed by atoms with E-state index in [0.29, 0.717) is 57.6 Å². The number of likely N-dealkylation sites (tertiary alicyclic amines) is 1. The Morgan fingerprint density at radius 1 is 1.04 bits per heavy atom. The number of aryl methyl sites for hydroxylation is 3. The molecule has 0 radical (unpaired) electrons. The largest absolute Gasteiger partial charge is 0.507 e. The number of ether oxygens (including phenoxy) is 1. The van der Waals surface area contributed by atoms with Crippen molar-refractivity contribution in [3.8, 4) is 22.8 Å². The molecule has 0 spiro atoms. The lowest BCUT2D eigenvalue weighted by Gasteiger charge is -2.31.